The number of hydrogen-bond acceptors (Lipinski definition) is 3. The highest BCUT2D eigenvalue weighted by atomic mass is 35.5. The van der Waals surface area contributed by atoms with Crippen LogP contribution in [-0.2, 0) is 9.53 Å². The van der Waals surface area contributed by atoms with Gasteiger partial charge in [-0.2, -0.15) is 0 Å². The standard InChI is InChI=1S/C15H18ClNO4/c1-9-8-11(2-3-12(9)16)14(18)17-13(15(19)20)10-4-6-21-7-5-10/h2-3,8,10,13H,4-7H2,1H3,(H,17,18)(H,19,20). The molecule has 1 atom stereocenters. The van der Waals surface area contributed by atoms with Gasteiger partial charge in [-0.15, -0.1) is 0 Å². The lowest BCUT2D eigenvalue weighted by atomic mass is 9.91. The van der Waals surface area contributed by atoms with Crippen molar-refractivity contribution in [3.8, 4) is 0 Å². The van der Waals surface area contributed by atoms with Crippen LogP contribution in [0.2, 0.25) is 5.02 Å². The summed E-state index contributed by atoms with van der Waals surface area (Å²) < 4.78 is 5.23. The largest absolute Gasteiger partial charge is 0.480 e. The molecule has 0 aliphatic carbocycles. The van der Waals surface area contributed by atoms with E-state index in [0.717, 1.165) is 5.56 Å². The van der Waals surface area contributed by atoms with Gasteiger partial charge in [0.05, 0.1) is 0 Å². The number of carbonyl (C=O) groups excluding carboxylic acids is 1. The van der Waals surface area contributed by atoms with Gasteiger partial charge in [0.2, 0.25) is 0 Å². The number of rotatable bonds is 4. The van der Waals surface area contributed by atoms with Crippen molar-refractivity contribution in [2.45, 2.75) is 25.8 Å². The van der Waals surface area contributed by atoms with Crippen LogP contribution in [0.3, 0.4) is 0 Å². The number of benzene rings is 1. The lowest BCUT2D eigenvalue weighted by Crippen LogP contribution is -2.47. The van der Waals surface area contributed by atoms with Gasteiger partial charge in [0.1, 0.15) is 6.04 Å². The van der Waals surface area contributed by atoms with Crippen LogP contribution in [0.5, 0.6) is 0 Å². The molecule has 1 aliphatic heterocycles. The normalized spacial score (nSPS) is 17.2. The van der Waals surface area contributed by atoms with Gasteiger partial charge in [-0.1, -0.05) is 11.6 Å². The minimum Gasteiger partial charge on any atom is -0.480 e. The number of ether oxygens (including phenoxy) is 1. The van der Waals surface area contributed by atoms with E-state index >= 15 is 0 Å². The van der Waals surface area contributed by atoms with Gasteiger partial charge in [-0.05, 0) is 49.4 Å². The third-order valence-corrected chi connectivity index (χ3v) is 4.13. The minimum absolute atomic E-state index is 0.103. The van der Waals surface area contributed by atoms with E-state index in [-0.39, 0.29) is 5.92 Å². The third-order valence-electron chi connectivity index (χ3n) is 3.71. The number of carboxylic acids is 1. The smallest absolute Gasteiger partial charge is 0.326 e. The first-order valence-electron chi connectivity index (χ1n) is 6.86. The van der Waals surface area contributed by atoms with Crippen molar-refractivity contribution < 1.29 is 19.4 Å². The summed E-state index contributed by atoms with van der Waals surface area (Å²) in [6.07, 6.45) is 1.27. The Morgan fingerprint density at radius 3 is 2.62 bits per heavy atom. The molecule has 1 aromatic rings. The van der Waals surface area contributed by atoms with Crippen molar-refractivity contribution in [2.75, 3.05) is 13.2 Å². The average Bonchev–Trinajstić information content (AvgIpc) is 2.48. The topological polar surface area (TPSA) is 75.6 Å². The van der Waals surface area contributed by atoms with E-state index < -0.39 is 17.9 Å². The monoisotopic (exact) mass is 311 g/mol. The Kier molecular flexibility index (Phi) is 5.20. The highest BCUT2D eigenvalue weighted by molar-refractivity contribution is 6.31. The summed E-state index contributed by atoms with van der Waals surface area (Å²) in [7, 11) is 0. The fourth-order valence-electron chi connectivity index (χ4n) is 2.44. The number of hydrogen-bond donors (Lipinski definition) is 2. The fourth-order valence-corrected chi connectivity index (χ4v) is 2.56. The first kappa shape index (κ1) is 15.8. The molecule has 0 radical (unpaired) electrons. The maximum absolute atomic E-state index is 12.2. The Labute approximate surface area is 128 Å². The van der Waals surface area contributed by atoms with E-state index in [0.29, 0.717) is 36.6 Å². The summed E-state index contributed by atoms with van der Waals surface area (Å²) in [5.41, 5.74) is 1.19. The molecule has 1 saturated heterocycles. The summed E-state index contributed by atoms with van der Waals surface area (Å²) in [5, 5.41) is 12.5. The second-order valence-corrected chi connectivity index (χ2v) is 5.61. The molecule has 1 aliphatic rings. The highest BCUT2D eigenvalue weighted by Gasteiger charge is 2.31. The second-order valence-electron chi connectivity index (χ2n) is 5.20. The minimum atomic E-state index is -1.01. The number of halogens is 1. The van der Waals surface area contributed by atoms with Crippen LogP contribution < -0.4 is 5.32 Å². The second kappa shape index (κ2) is 6.91. The van der Waals surface area contributed by atoms with Crippen LogP contribution in [0, 0.1) is 12.8 Å². The Hall–Kier alpha value is -1.59. The molecular formula is C15H18ClNO4. The van der Waals surface area contributed by atoms with Crippen LogP contribution in [0.4, 0.5) is 0 Å². The molecule has 1 fully saturated rings. The van der Waals surface area contributed by atoms with Gasteiger partial charge in [0, 0.05) is 23.8 Å². The van der Waals surface area contributed by atoms with Gasteiger partial charge >= 0.3 is 5.97 Å². The van der Waals surface area contributed by atoms with E-state index in [4.69, 9.17) is 16.3 Å². The van der Waals surface area contributed by atoms with E-state index in [9.17, 15) is 14.7 Å². The zero-order valence-electron chi connectivity index (χ0n) is 11.8. The predicted molar refractivity (Wildman–Crippen MR) is 78.6 cm³/mol. The summed E-state index contributed by atoms with van der Waals surface area (Å²) in [6, 6.07) is 3.99. The molecule has 0 aromatic heterocycles. The van der Waals surface area contributed by atoms with Crippen molar-refractivity contribution in [2.24, 2.45) is 5.92 Å². The molecular weight excluding hydrogens is 294 g/mol. The number of amides is 1. The van der Waals surface area contributed by atoms with Crippen molar-refractivity contribution in [3.63, 3.8) is 0 Å². The molecule has 6 heteroatoms. The molecule has 1 heterocycles. The first-order valence-corrected chi connectivity index (χ1v) is 7.24. The quantitative estimate of drug-likeness (QED) is 0.894. The lowest BCUT2D eigenvalue weighted by Gasteiger charge is -2.28. The summed E-state index contributed by atoms with van der Waals surface area (Å²) in [4.78, 5) is 23.6. The van der Waals surface area contributed by atoms with Gasteiger partial charge < -0.3 is 15.2 Å². The number of aryl methyl sites for hydroxylation is 1. The summed E-state index contributed by atoms with van der Waals surface area (Å²) >= 11 is 5.92. The predicted octanol–water partition coefficient (Wildman–Crippen LogP) is 2.26. The molecule has 114 valence electrons. The van der Waals surface area contributed by atoms with Crippen molar-refractivity contribution in [1.82, 2.24) is 5.32 Å². The van der Waals surface area contributed by atoms with Crippen molar-refractivity contribution in [1.29, 1.82) is 0 Å². The summed E-state index contributed by atoms with van der Waals surface area (Å²) in [6.45, 7) is 2.86. The van der Waals surface area contributed by atoms with Crippen molar-refractivity contribution >= 4 is 23.5 Å². The lowest BCUT2D eigenvalue weighted by molar-refractivity contribution is -0.141. The molecule has 0 spiro atoms. The molecule has 21 heavy (non-hydrogen) atoms. The van der Waals surface area contributed by atoms with E-state index in [1.807, 2.05) is 0 Å². The molecule has 0 saturated carbocycles. The molecule has 1 aromatic carbocycles. The maximum atomic E-state index is 12.2. The van der Waals surface area contributed by atoms with E-state index in [1.54, 1.807) is 25.1 Å². The zero-order valence-corrected chi connectivity index (χ0v) is 12.5. The zero-order chi connectivity index (χ0) is 15.4. The van der Waals surface area contributed by atoms with Crippen LogP contribution in [0.15, 0.2) is 18.2 Å². The third kappa shape index (κ3) is 3.95. The van der Waals surface area contributed by atoms with Crippen LogP contribution in [-0.4, -0.2) is 36.2 Å². The summed E-state index contributed by atoms with van der Waals surface area (Å²) in [5.74, 6) is -1.51. The van der Waals surface area contributed by atoms with Crippen LogP contribution in [0.1, 0.15) is 28.8 Å². The Balaban J connectivity index is 2.10. The SMILES string of the molecule is Cc1cc(C(=O)NC(C(=O)O)C2CCOCC2)ccc1Cl. The molecule has 1 unspecified atom stereocenters. The average molecular weight is 312 g/mol. The number of carboxylic acid groups (broad SMARTS) is 1. The van der Waals surface area contributed by atoms with Gasteiger partial charge in [0.15, 0.2) is 0 Å². The number of nitrogens with one attached hydrogen (secondary N) is 1. The molecule has 2 N–H and O–H groups in total. The van der Waals surface area contributed by atoms with E-state index in [2.05, 4.69) is 5.32 Å². The first-order chi connectivity index (χ1) is 9.99. The van der Waals surface area contributed by atoms with Crippen LogP contribution in [0.25, 0.3) is 0 Å². The van der Waals surface area contributed by atoms with Gasteiger partial charge in [0.25, 0.3) is 5.91 Å². The fraction of sp³-hybridized carbons (Fsp3) is 0.467. The highest BCUT2D eigenvalue weighted by Crippen LogP contribution is 2.20. The molecule has 5 nitrogen and oxygen atoms in total. The Morgan fingerprint density at radius 1 is 1.38 bits per heavy atom. The Morgan fingerprint density at radius 2 is 2.05 bits per heavy atom. The van der Waals surface area contributed by atoms with Crippen molar-refractivity contribution in [3.05, 3.63) is 34.3 Å². The number of carbonyl (C=O) groups is 2. The number of aliphatic carboxylic acids is 1. The van der Waals surface area contributed by atoms with Crippen LogP contribution >= 0.6 is 11.6 Å². The van der Waals surface area contributed by atoms with Gasteiger partial charge in [-0.3, -0.25) is 4.79 Å². The molecule has 1 amide bonds. The molecule has 2 rings (SSSR count). The molecule has 0 bridgehead atoms. The van der Waals surface area contributed by atoms with E-state index in [1.165, 1.54) is 0 Å². The Bertz CT molecular complexity index is 540. The maximum Gasteiger partial charge on any atom is 0.326 e. The van der Waals surface area contributed by atoms with Gasteiger partial charge in [-0.25, -0.2) is 4.79 Å².